The molecule has 0 atom stereocenters. The second-order valence-electron chi connectivity index (χ2n) is 3.88. The van der Waals surface area contributed by atoms with Gasteiger partial charge in [-0.2, -0.15) is 0 Å². The number of aryl methyl sites for hydroxylation is 1. The topological polar surface area (TPSA) is 58.9 Å². The lowest BCUT2D eigenvalue weighted by molar-refractivity contribution is 0.100. The maximum absolute atomic E-state index is 11.3. The Morgan fingerprint density at radius 2 is 2.00 bits per heavy atom. The molecule has 0 aliphatic rings. The minimum Gasteiger partial charge on any atom is -0.366 e. The van der Waals surface area contributed by atoms with Gasteiger partial charge < -0.3 is 10.7 Å². The molecule has 0 aliphatic heterocycles. The van der Waals surface area contributed by atoms with Gasteiger partial charge in [0, 0.05) is 11.8 Å². The molecule has 3 N–H and O–H groups in total. The van der Waals surface area contributed by atoms with Gasteiger partial charge in [-0.15, -0.1) is 0 Å². The van der Waals surface area contributed by atoms with Crippen molar-refractivity contribution in [1.29, 1.82) is 0 Å². The molecule has 0 unspecified atom stereocenters. The van der Waals surface area contributed by atoms with Crippen LogP contribution in [0.2, 0.25) is 0 Å². The number of hydrogen-bond donors (Lipinski definition) is 2. The minimum atomic E-state index is -0.405. The Bertz CT molecular complexity index is 541. The fourth-order valence-electron chi connectivity index (χ4n) is 1.82. The maximum atomic E-state index is 11.3. The molecule has 2 rings (SSSR count). The summed E-state index contributed by atoms with van der Waals surface area (Å²) in [5, 5.41) is 0. The monoisotopic (exact) mass is 214 g/mol. The normalized spacial score (nSPS) is 10.4. The van der Waals surface area contributed by atoms with Crippen LogP contribution in [0.25, 0.3) is 11.3 Å². The van der Waals surface area contributed by atoms with Crippen LogP contribution in [0.4, 0.5) is 0 Å². The summed E-state index contributed by atoms with van der Waals surface area (Å²) >= 11 is 0. The Morgan fingerprint density at radius 3 is 2.69 bits per heavy atom. The summed E-state index contributed by atoms with van der Waals surface area (Å²) in [6, 6.07) is 7.72. The largest absolute Gasteiger partial charge is 0.366 e. The van der Waals surface area contributed by atoms with Crippen LogP contribution in [0.1, 0.15) is 21.5 Å². The number of nitrogens with two attached hydrogens (primary N) is 1. The number of rotatable bonds is 2. The van der Waals surface area contributed by atoms with Crippen molar-refractivity contribution in [2.45, 2.75) is 13.8 Å². The molecule has 0 saturated carbocycles. The summed E-state index contributed by atoms with van der Waals surface area (Å²) in [5.74, 6) is -0.405. The van der Waals surface area contributed by atoms with Crippen molar-refractivity contribution in [3.05, 3.63) is 47.2 Å². The number of aromatic nitrogens is 1. The molecule has 0 fully saturated rings. The van der Waals surface area contributed by atoms with Crippen LogP contribution in [-0.4, -0.2) is 10.9 Å². The van der Waals surface area contributed by atoms with Crippen LogP contribution in [0.15, 0.2) is 30.5 Å². The maximum Gasteiger partial charge on any atom is 0.250 e. The molecular formula is C13H14N2O. The molecular weight excluding hydrogens is 200 g/mol. The van der Waals surface area contributed by atoms with Gasteiger partial charge in [-0.1, -0.05) is 18.2 Å². The fourth-order valence-corrected chi connectivity index (χ4v) is 1.82. The summed E-state index contributed by atoms with van der Waals surface area (Å²) < 4.78 is 0. The van der Waals surface area contributed by atoms with Crippen LogP contribution in [0.5, 0.6) is 0 Å². The van der Waals surface area contributed by atoms with E-state index in [4.69, 9.17) is 5.73 Å². The zero-order valence-corrected chi connectivity index (χ0v) is 9.37. The van der Waals surface area contributed by atoms with Gasteiger partial charge in [-0.25, -0.2) is 0 Å². The highest BCUT2D eigenvalue weighted by Gasteiger charge is 2.13. The van der Waals surface area contributed by atoms with Crippen LogP contribution < -0.4 is 5.73 Å². The first-order chi connectivity index (χ1) is 7.61. The van der Waals surface area contributed by atoms with Gasteiger partial charge in [0.25, 0.3) is 5.91 Å². The van der Waals surface area contributed by atoms with Crippen molar-refractivity contribution in [2.75, 3.05) is 0 Å². The van der Waals surface area contributed by atoms with Crippen LogP contribution in [0.3, 0.4) is 0 Å². The quantitative estimate of drug-likeness (QED) is 0.792. The molecule has 1 heterocycles. The van der Waals surface area contributed by atoms with Gasteiger partial charge in [0.05, 0.1) is 11.3 Å². The van der Waals surface area contributed by atoms with Crippen molar-refractivity contribution < 1.29 is 4.79 Å². The number of nitrogens with one attached hydrogen (secondary N) is 1. The van der Waals surface area contributed by atoms with Crippen LogP contribution in [-0.2, 0) is 0 Å². The van der Waals surface area contributed by atoms with Crippen molar-refractivity contribution >= 4 is 5.91 Å². The molecule has 0 spiro atoms. The van der Waals surface area contributed by atoms with E-state index in [0.717, 1.165) is 16.8 Å². The second kappa shape index (κ2) is 3.85. The van der Waals surface area contributed by atoms with Crippen LogP contribution in [0, 0.1) is 13.8 Å². The number of H-pyrrole nitrogens is 1. The smallest absolute Gasteiger partial charge is 0.250 e. The Labute approximate surface area is 94.3 Å². The first kappa shape index (κ1) is 10.5. The Morgan fingerprint density at radius 1 is 1.25 bits per heavy atom. The van der Waals surface area contributed by atoms with Crippen molar-refractivity contribution in [3.63, 3.8) is 0 Å². The van der Waals surface area contributed by atoms with E-state index in [9.17, 15) is 4.79 Å². The summed E-state index contributed by atoms with van der Waals surface area (Å²) in [7, 11) is 0. The fraction of sp³-hybridized carbons (Fsp3) is 0.154. The number of hydrogen-bond acceptors (Lipinski definition) is 1. The lowest BCUT2D eigenvalue weighted by Gasteiger charge is -2.08. The molecule has 82 valence electrons. The summed E-state index contributed by atoms with van der Waals surface area (Å²) in [4.78, 5) is 14.3. The van der Waals surface area contributed by atoms with Crippen molar-refractivity contribution in [3.8, 4) is 11.3 Å². The van der Waals surface area contributed by atoms with E-state index in [1.165, 1.54) is 5.56 Å². The molecule has 0 bridgehead atoms. The lowest BCUT2D eigenvalue weighted by Crippen LogP contribution is -2.11. The molecule has 0 saturated heterocycles. The number of carbonyl (C=O) groups is 1. The Balaban J connectivity index is 2.63. The zero-order valence-electron chi connectivity index (χ0n) is 9.37. The standard InChI is InChI=1S/C13H14N2O/c1-8-4-3-5-10(9(8)2)12-11(13(14)16)6-7-15-12/h3-7,15H,1-2H3,(H2,14,16). The molecule has 0 radical (unpaired) electrons. The van der Waals surface area contributed by atoms with Gasteiger partial charge in [-0.05, 0) is 31.0 Å². The summed E-state index contributed by atoms with van der Waals surface area (Å²) in [6.45, 7) is 4.09. The first-order valence-corrected chi connectivity index (χ1v) is 5.15. The number of aromatic amines is 1. The number of primary amides is 1. The Kier molecular flexibility index (Phi) is 2.52. The predicted octanol–water partition coefficient (Wildman–Crippen LogP) is 2.40. The van der Waals surface area contributed by atoms with E-state index < -0.39 is 5.91 Å². The number of amides is 1. The average Bonchev–Trinajstić information content (AvgIpc) is 2.70. The first-order valence-electron chi connectivity index (χ1n) is 5.15. The highest BCUT2D eigenvalue weighted by molar-refractivity contribution is 5.99. The SMILES string of the molecule is Cc1cccc(-c2[nH]ccc2C(N)=O)c1C. The van der Waals surface area contributed by atoms with Gasteiger partial charge in [-0.3, -0.25) is 4.79 Å². The summed E-state index contributed by atoms with van der Waals surface area (Å²) in [5.41, 5.74) is 10.0. The highest BCUT2D eigenvalue weighted by Crippen LogP contribution is 2.26. The van der Waals surface area contributed by atoms with E-state index in [1.807, 2.05) is 32.0 Å². The molecule has 0 aliphatic carbocycles. The molecule has 3 nitrogen and oxygen atoms in total. The van der Waals surface area contributed by atoms with Crippen molar-refractivity contribution in [1.82, 2.24) is 4.98 Å². The highest BCUT2D eigenvalue weighted by atomic mass is 16.1. The number of benzene rings is 1. The molecule has 2 aromatic rings. The van der Waals surface area contributed by atoms with E-state index in [0.29, 0.717) is 5.56 Å². The van der Waals surface area contributed by atoms with Gasteiger partial charge >= 0.3 is 0 Å². The summed E-state index contributed by atoms with van der Waals surface area (Å²) in [6.07, 6.45) is 1.73. The lowest BCUT2D eigenvalue weighted by atomic mass is 9.99. The number of carbonyl (C=O) groups excluding carboxylic acids is 1. The Hall–Kier alpha value is -2.03. The molecule has 1 aromatic heterocycles. The van der Waals surface area contributed by atoms with Crippen LogP contribution >= 0.6 is 0 Å². The predicted molar refractivity (Wildman–Crippen MR) is 64.2 cm³/mol. The van der Waals surface area contributed by atoms with Crippen molar-refractivity contribution in [2.24, 2.45) is 5.73 Å². The molecule has 1 amide bonds. The third kappa shape index (κ3) is 1.60. The average molecular weight is 214 g/mol. The van der Waals surface area contributed by atoms with E-state index in [-0.39, 0.29) is 0 Å². The van der Waals surface area contributed by atoms with Gasteiger partial charge in [0.1, 0.15) is 0 Å². The van der Waals surface area contributed by atoms with E-state index in [2.05, 4.69) is 4.98 Å². The molecule has 3 heteroatoms. The van der Waals surface area contributed by atoms with E-state index >= 15 is 0 Å². The third-order valence-corrected chi connectivity index (χ3v) is 2.89. The second-order valence-corrected chi connectivity index (χ2v) is 3.88. The third-order valence-electron chi connectivity index (χ3n) is 2.89. The van der Waals surface area contributed by atoms with Gasteiger partial charge in [0.15, 0.2) is 0 Å². The minimum absolute atomic E-state index is 0.405. The zero-order chi connectivity index (χ0) is 11.7. The molecule has 16 heavy (non-hydrogen) atoms. The van der Waals surface area contributed by atoms with Gasteiger partial charge in [0.2, 0.25) is 0 Å². The van der Waals surface area contributed by atoms with E-state index in [1.54, 1.807) is 12.3 Å². The molecule has 1 aromatic carbocycles.